The highest BCUT2D eigenvalue weighted by molar-refractivity contribution is 7.88. The topological polar surface area (TPSA) is 40.6 Å². The summed E-state index contributed by atoms with van der Waals surface area (Å²) in [5, 5.41) is 1.69. The van der Waals surface area contributed by atoms with Gasteiger partial charge in [0, 0.05) is 32.6 Å². The second-order valence-electron chi connectivity index (χ2n) is 3.03. The minimum absolute atomic E-state index is 0.451. The highest BCUT2D eigenvalue weighted by Gasteiger charge is 2.16. The van der Waals surface area contributed by atoms with Gasteiger partial charge < -0.3 is 0 Å². The molecule has 86 valence electrons. The van der Waals surface area contributed by atoms with E-state index in [0.29, 0.717) is 10.9 Å². The van der Waals surface area contributed by atoms with Crippen molar-refractivity contribution >= 4 is 33.6 Å². The van der Waals surface area contributed by atoms with E-state index in [1.807, 2.05) is 13.1 Å². The SMILES string of the molecule is CN1CC=C(Cl)S1=O.CN1CC=CS1=O. The molecule has 0 amide bonds. The maximum Gasteiger partial charge on any atom is 0.139 e. The minimum Gasteiger partial charge on any atom is -0.238 e. The molecule has 2 heterocycles. The Morgan fingerprint density at radius 2 is 1.93 bits per heavy atom. The maximum atomic E-state index is 10.7. The third-order valence-corrected chi connectivity index (χ3v) is 4.80. The van der Waals surface area contributed by atoms with Crippen LogP contribution >= 0.6 is 11.6 Å². The van der Waals surface area contributed by atoms with Crippen molar-refractivity contribution in [2.24, 2.45) is 0 Å². The van der Waals surface area contributed by atoms with Crippen molar-refractivity contribution < 1.29 is 8.42 Å². The molecule has 0 fully saturated rings. The Morgan fingerprint density at radius 1 is 1.27 bits per heavy atom. The lowest BCUT2D eigenvalue weighted by molar-refractivity contribution is 0.586. The highest BCUT2D eigenvalue weighted by Crippen LogP contribution is 2.16. The van der Waals surface area contributed by atoms with Crippen LogP contribution < -0.4 is 0 Å². The molecule has 2 aliphatic heterocycles. The number of likely N-dealkylation sites (N-methyl/N-ethyl adjacent to an activating group) is 2. The molecule has 0 aromatic carbocycles. The van der Waals surface area contributed by atoms with Gasteiger partial charge in [-0.15, -0.1) is 0 Å². The third-order valence-electron chi connectivity index (χ3n) is 1.84. The molecule has 2 unspecified atom stereocenters. The van der Waals surface area contributed by atoms with Gasteiger partial charge in [0.2, 0.25) is 0 Å². The van der Waals surface area contributed by atoms with Crippen LogP contribution in [0.25, 0.3) is 0 Å². The second-order valence-corrected chi connectivity index (χ2v) is 6.67. The van der Waals surface area contributed by atoms with E-state index in [2.05, 4.69) is 0 Å². The monoisotopic (exact) mass is 268 g/mol. The summed E-state index contributed by atoms with van der Waals surface area (Å²) in [5.41, 5.74) is 0. The fraction of sp³-hybridized carbons (Fsp3) is 0.500. The summed E-state index contributed by atoms with van der Waals surface area (Å²) in [6, 6.07) is 0. The Bertz CT molecular complexity index is 344. The van der Waals surface area contributed by atoms with Crippen LogP contribution in [-0.2, 0) is 22.0 Å². The Hall–Kier alpha value is -0.0100. The van der Waals surface area contributed by atoms with Gasteiger partial charge in [0.15, 0.2) is 0 Å². The first-order valence-corrected chi connectivity index (χ1v) is 6.95. The third kappa shape index (κ3) is 3.81. The van der Waals surface area contributed by atoms with E-state index in [0.717, 1.165) is 6.54 Å². The average Bonchev–Trinajstić information content (AvgIpc) is 2.70. The molecule has 2 rings (SSSR count). The lowest BCUT2D eigenvalue weighted by Gasteiger charge is -2.02. The molecule has 0 aliphatic carbocycles. The summed E-state index contributed by atoms with van der Waals surface area (Å²) in [4.78, 5) is 0. The lowest BCUT2D eigenvalue weighted by Crippen LogP contribution is -2.14. The van der Waals surface area contributed by atoms with Crippen molar-refractivity contribution in [3.8, 4) is 0 Å². The molecule has 0 saturated carbocycles. The van der Waals surface area contributed by atoms with E-state index < -0.39 is 22.0 Å². The maximum absolute atomic E-state index is 10.7. The van der Waals surface area contributed by atoms with Crippen LogP contribution in [0.2, 0.25) is 0 Å². The molecule has 4 nitrogen and oxygen atoms in total. The molecule has 0 aromatic heterocycles. The van der Waals surface area contributed by atoms with E-state index in [1.165, 1.54) is 0 Å². The zero-order valence-corrected chi connectivity index (χ0v) is 10.9. The van der Waals surface area contributed by atoms with Gasteiger partial charge in [-0.3, -0.25) is 0 Å². The molecule has 0 bridgehead atoms. The Balaban J connectivity index is 0.000000151. The highest BCUT2D eigenvalue weighted by atomic mass is 35.5. The van der Waals surface area contributed by atoms with E-state index in [9.17, 15) is 8.42 Å². The molecule has 0 radical (unpaired) electrons. The molecule has 0 spiro atoms. The van der Waals surface area contributed by atoms with E-state index in [1.54, 1.807) is 27.1 Å². The van der Waals surface area contributed by atoms with Crippen LogP contribution in [0.1, 0.15) is 0 Å². The van der Waals surface area contributed by atoms with Crippen LogP contribution in [0.3, 0.4) is 0 Å². The van der Waals surface area contributed by atoms with Crippen molar-refractivity contribution in [2.45, 2.75) is 0 Å². The largest absolute Gasteiger partial charge is 0.238 e. The van der Waals surface area contributed by atoms with Crippen molar-refractivity contribution in [3.63, 3.8) is 0 Å². The molecule has 2 atom stereocenters. The summed E-state index contributed by atoms with van der Waals surface area (Å²) >= 11 is 5.48. The van der Waals surface area contributed by atoms with E-state index in [4.69, 9.17) is 11.6 Å². The molecular formula is C8H13ClN2O2S2. The van der Waals surface area contributed by atoms with Gasteiger partial charge in [0.25, 0.3) is 0 Å². The quantitative estimate of drug-likeness (QED) is 0.652. The first-order chi connectivity index (χ1) is 7.02. The van der Waals surface area contributed by atoms with Crippen molar-refractivity contribution in [1.29, 1.82) is 0 Å². The van der Waals surface area contributed by atoms with Crippen molar-refractivity contribution in [3.05, 3.63) is 21.9 Å². The van der Waals surface area contributed by atoms with Crippen LogP contribution in [0.5, 0.6) is 0 Å². The first kappa shape index (κ1) is 13.1. The Labute approximate surface area is 99.8 Å². The second kappa shape index (κ2) is 5.91. The summed E-state index contributed by atoms with van der Waals surface area (Å²) in [7, 11) is 1.73. The number of rotatable bonds is 0. The zero-order valence-electron chi connectivity index (χ0n) is 8.55. The molecule has 7 heteroatoms. The molecule has 2 aliphatic rings. The van der Waals surface area contributed by atoms with Crippen molar-refractivity contribution in [1.82, 2.24) is 8.61 Å². The predicted octanol–water partition coefficient (Wildman–Crippen LogP) is 0.785. The predicted molar refractivity (Wildman–Crippen MR) is 64.6 cm³/mol. The fourth-order valence-corrected chi connectivity index (χ4v) is 2.78. The molecule has 0 saturated heterocycles. The minimum atomic E-state index is -1.05. The van der Waals surface area contributed by atoms with Crippen LogP contribution in [0.4, 0.5) is 0 Å². The van der Waals surface area contributed by atoms with E-state index in [-0.39, 0.29) is 0 Å². The summed E-state index contributed by atoms with van der Waals surface area (Å²) < 4.78 is 25.2. The lowest BCUT2D eigenvalue weighted by atomic mass is 10.6. The van der Waals surface area contributed by atoms with Crippen LogP contribution in [0.15, 0.2) is 21.9 Å². The van der Waals surface area contributed by atoms with Gasteiger partial charge in [-0.25, -0.2) is 17.0 Å². The number of nitrogens with zero attached hydrogens (tertiary/aromatic N) is 2. The Kier molecular flexibility index (Phi) is 5.14. The number of hydrogen-bond donors (Lipinski definition) is 0. The molecule has 15 heavy (non-hydrogen) atoms. The smallest absolute Gasteiger partial charge is 0.139 e. The standard InChI is InChI=1S/C4H6ClNOS.C4H7NOS/c1-6-3-2-4(5)8(6)7;1-5-3-2-4-7(5)6/h2H,3H2,1H3;2,4H,3H2,1H3. The Morgan fingerprint density at radius 3 is 2.07 bits per heavy atom. The summed E-state index contributed by atoms with van der Waals surface area (Å²) in [5.74, 6) is 0. The average molecular weight is 269 g/mol. The molecular weight excluding hydrogens is 256 g/mol. The van der Waals surface area contributed by atoms with Gasteiger partial charge in [-0.2, -0.15) is 0 Å². The van der Waals surface area contributed by atoms with Gasteiger partial charge in [0.1, 0.15) is 26.3 Å². The molecule has 0 N–H and O–H groups in total. The first-order valence-electron chi connectivity index (χ1n) is 4.29. The number of hydrogen-bond acceptors (Lipinski definition) is 2. The summed E-state index contributed by atoms with van der Waals surface area (Å²) in [6.07, 6.45) is 3.65. The van der Waals surface area contributed by atoms with Crippen LogP contribution in [0, 0.1) is 0 Å². The van der Waals surface area contributed by atoms with Gasteiger partial charge in [-0.1, -0.05) is 17.7 Å². The van der Waals surface area contributed by atoms with Gasteiger partial charge in [0.05, 0.1) is 0 Å². The van der Waals surface area contributed by atoms with Crippen molar-refractivity contribution in [2.75, 3.05) is 27.2 Å². The zero-order chi connectivity index (χ0) is 11.4. The molecule has 0 aromatic rings. The summed E-state index contributed by atoms with van der Waals surface area (Å²) in [6.45, 7) is 1.53. The fourth-order valence-electron chi connectivity index (χ4n) is 0.939. The van der Waals surface area contributed by atoms with Crippen LogP contribution in [-0.4, -0.2) is 44.2 Å². The number of halogens is 1. The van der Waals surface area contributed by atoms with Gasteiger partial charge in [-0.05, 0) is 6.08 Å². The normalized spacial score (nSPS) is 31.3. The van der Waals surface area contributed by atoms with E-state index >= 15 is 0 Å². The van der Waals surface area contributed by atoms with Gasteiger partial charge >= 0.3 is 0 Å².